The predicted molar refractivity (Wildman–Crippen MR) is 86.1 cm³/mol. The Labute approximate surface area is 133 Å². The van der Waals surface area contributed by atoms with Crippen LogP contribution in [0.25, 0.3) is 11.0 Å². The summed E-state index contributed by atoms with van der Waals surface area (Å²) < 4.78 is 5.67. The van der Waals surface area contributed by atoms with E-state index in [0.717, 1.165) is 16.5 Å². The molecule has 0 bridgehead atoms. The molecule has 0 saturated carbocycles. The van der Waals surface area contributed by atoms with Crippen LogP contribution in [0.2, 0.25) is 5.02 Å². The topological polar surface area (TPSA) is 55.1 Å². The summed E-state index contributed by atoms with van der Waals surface area (Å²) in [7, 11) is 0. The molecular weight excluding hydrogens is 300 g/mol. The van der Waals surface area contributed by atoms with Gasteiger partial charge >= 0.3 is 0 Å². The van der Waals surface area contributed by atoms with Crippen molar-refractivity contribution in [3.63, 3.8) is 0 Å². The Hall–Kier alpha value is -2.33. The number of halogens is 1. The number of furan rings is 1. The van der Waals surface area contributed by atoms with Crippen molar-refractivity contribution in [2.75, 3.05) is 0 Å². The number of hydrogen-bond acceptors (Lipinski definition) is 3. The molecular formula is C17H15ClN2O2. The van der Waals surface area contributed by atoms with Crippen LogP contribution in [0, 0.1) is 6.92 Å². The minimum atomic E-state index is -0.263. The maximum Gasteiger partial charge on any atom is 0.287 e. The summed E-state index contributed by atoms with van der Waals surface area (Å²) in [5.41, 5.74) is 2.26. The van der Waals surface area contributed by atoms with Crippen LogP contribution in [-0.4, -0.2) is 10.9 Å². The molecule has 5 heteroatoms. The molecule has 2 aromatic heterocycles. The van der Waals surface area contributed by atoms with Crippen molar-refractivity contribution in [1.29, 1.82) is 0 Å². The van der Waals surface area contributed by atoms with E-state index in [4.69, 9.17) is 16.0 Å². The van der Waals surface area contributed by atoms with E-state index in [0.29, 0.717) is 16.4 Å². The highest BCUT2D eigenvalue weighted by molar-refractivity contribution is 6.35. The number of carbonyl (C=O) groups excluding carboxylic acids is 1. The lowest BCUT2D eigenvalue weighted by molar-refractivity contribution is 0.0913. The second-order valence-electron chi connectivity index (χ2n) is 5.15. The summed E-state index contributed by atoms with van der Waals surface area (Å²) in [6.07, 6.45) is 3.43. The van der Waals surface area contributed by atoms with Gasteiger partial charge < -0.3 is 9.73 Å². The molecule has 0 unspecified atom stereocenters. The van der Waals surface area contributed by atoms with Crippen LogP contribution in [0.4, 0.5) is 0 Å². The molecule has 0 aliphatic rings. The molecule has 0 saturated heterocycles. The Kier molecular flexibility index (Phi) is 3.86. The molecule has 4 nitrogen and oxygen atoms in total. The number of carbonyl (C=O) groups is 1. The zero-order chi connectivity index (χ0) is 15.7. The number of aryl methyl sites for hydroxylation is 1. The SMILES string of the molecule is Cc1c(C(=O)N[C@@H](C)c2cccnc2)oc2c(Cl)cccc12. The highest BCUT2D eigenvalue weighted by Crippen LogP contribution is 2.30. The minimum absolute atomic E-state index is 0.163. The first-order valence-corrected chi connectivity index (χ1v) is 7.34. The molecule has 0 radical (unpaired) electrons. The first kappa shape index (κ1) is 14.6. The third kappa shape index (κ3) is 2.57. The van der Waals surface area contributed by atoms with Crippen LogP contribution in [0.3, 0.4) is 0 Å². The molecule has 0 spiro atoms. The number of hydrogen-bond donors (Lipinski definition) is 1. The number of para-hydroxylation sites is 1. The Bertz CT molecular complexity index is 827. The second-order valence-corrected chi connectivity index (χ2v) is 5.56. The Morgan fingerprint density at radius 2 is 2.14 bits per heavy atom. The lowest BCUT2D eigenvalue weighted by Gasteiger charge is -2.12. The van der Waals surface area contributed by atoms with Gasteiger partial charge in [0.15, 0.2) is 11.3 Å². The lowest BCUT2D eigenvalue weighted by Crippen LogP contribution is -2.26. The van der Waals surface area contributed by atoms with Gasteiger partial charge in [0.2, 0.25) is 0 Å². The van der Waals surface area contributed by atoms with Crippen LogP contribution < -0.4 is 5.32 Å². The van der Waals surface area contributed by atoms with Gasteiger partial charge in [0.1, 0.15) is 0 Å². The van der Waals surface area contributed by atoms with Crippen LogP contribution in [0.15, 0.2) is 47.1 Å². The van der Waals surface area contributed by atoms with Crippen molar-refractivity contribution in [2.24, 2.45) is 0 Å². The fourth-order valence-corrected chi connectivity index (χ4v) is 2.62. The quantitative estimate of drug-likeness (QED) is 0.785. The van der Waals surface area contributed by atoms with Gasteiger partial charge in [-0.25, -0.2) is 0 Å². The zero-order valence-electron chi connectivity index (χ0n) is 12.3. The van der Waals surface area contributed by atoms with Crippen molar-refractivity contribution in [2.45, 2.75) is 19.9 Å². The van der Waals surface area contributed by atoms with E-state index >= 15 is 0 Å². The van der Waals surface area contributed by atoms with Crippen molar-refractivity contribution < 1.29 is 9.21 Å². The summed E-state index contributed by atoms with van der Waals surface area (Å²) >= 11 is 6.11. The summed E-state index contributed by atoms with van der Waals surface area (Å²) in [4.78, 5) is 16.5. The normalized spacial score (nSPS) is 12.3. The lowest BCUT2D eigenvalue weighted by atomic mass is 10.1. The number of rotatable bonds is 3. The first-order chi connectivity index (χ1) is 10.6. The molecule has 1 atom stereocenters. The van der Waals surface area contributed by atoms with E-state index in [1.807, 2.05) is 38.1 Å². The number of benzene rings is 1. The van der Waals surface area contributed by atoms with Crippen molar-refractivity contribution in [3.8, 4) is 0 Å². The molecule has 1 amide bonds. The van der Waals surface area contributed by atoms with Crippen LogP contribution in [0.1, 0.15) is 34.6 Å². The van der Waals surface area contributed by atoms with Crippen molar-refractivity contribution >= 4 is 28.5 Å². The molecule has 1 aromatic carbocycles. The Morgan fingerprint density at radius 1 is 1.32 bits per heavy atom. The molecule has 3 aromatic rings. The van der Waals surface area contributed by atoms with Gasteiger partial charge in [0.05, 0.1) is 11.1 Å². The third-order valence-electron chi connectivity index (χ3n) is 3.65. The van der Waals surface area contributed by atoms with Gasteiger partial charge in [0.25, 0.3) is 5.91 Å². The number of aromatic nitrogens is 1. The highest BCUT2D eigenvalue weighted by Gasteiger charge is 2.20. The van der Waals surface area contributed by atoms with Gasteiger partial charge in [-0.1, -0.05) is 29.8 Å². The third-order valence-corrected chi connectivity index (χ3v) is 3.95. The first-order valence-electron chi connectivity index (χ1n) is 6.96. The smallest absolute Gasteiger partial charge is 0.287 e. The number of pyridine rings is 1. The van der Waals surface area contributed by atoms with Gasteiger partial charge in [-0.15, -0.1) is 0 Å². The number of nitrogens with one attached hydrogen (secondary N) is 1. The largest absolute Gasteiger partial charge is 0.449 e. The van der Waals surface area contributed by atoms with E-state index in [1.54, 1.807) is 18.5 Å². The van der Waals surface area contributed by atoms with Gasteiger partial charge in [-0.05, 0) is 31.5 Å². The van der Waals surface area contributed by atoms with E-state index in [9.17, 15) is 4.79 Å². The number of fused-ring (bicyclic) bond motifs is 1. The van der Waals surface area contributed by atoms with Gasteiger partial charge in [-0.2, -0.15) is 0 Å². The Balaban J connectivity index is 1.90. The fraction of sp³-hybridized carbons (Fsp3) is 0.176. The molecule has 0 aliphatic carbocycles. The predicted octanol–water partition coefficient (Wildman–Crippen LogP) is 4.28. The molecule has 1 N–H and O–H groups in total. The standard InChI is InChI=1S/C17H15ClN2O2/c1-10-13-6-3-7-14(18)16(13)22-15(10)17(21)20-11(2)12-5-4-8-19-9-12/h3-9,11H,1-2H3,(H,20,21)/t11-/m0/s1. The molecule has 3 rings (SSSR count). The van der Waals surface area contributed by atoms with Crippen molar-refractivity contribution in [3.05, 3.63) is 64.6 Å². The van der Waals surface area contributed by atoms with E-state index < -0.39 is 0 Å². The number of amides is 1. The Morgan fingerprint density at radius 3 is 2.82 bits per heavy atom. The molecule has 112 valence electrons. The van der Waals surface area contributed by atoms with Crippen molar-refractivity contribution in [1.82, 2.24) is 10.3 Å². The maximum absolute atomic E-state index is 12.5. The average molecular weight is 315 g/mol. The maximum atomic E-state index is 12.5. The van der Waals surface area contributed by atoms with E-state index in [2.05, 4.69) is 10.3 Å². The molecule has 2 heterocycles. The van der Waals surface area contributed by atoms with Crippen LogP contribution in [0.5, 0.6) is 0 Å². The molecule has 22 heavy (non-hydrogen) atoms. The monoisotopic (exact) mass is 314 g/mol. The fourth-order valence-electron chi connectivity index (χ4n) is 2.40. The number of nitrogens with zero attached hydrogens (tertiary/aromatic N) is 1. The van der Waals surface area contributed by atoms with Crippen LogP contribution in [-0.2, 0) is 0 Å². The summed E-state index contributed by atoms with van der Waals surface area (Å²) in [6.45, 7) is 3.76. The summed E-state index contributed by atoms with van der Waals surface area (Å²) in [5, 5.41) is 4.27. The van der Waals surface area contributed by atoms with E-state index in [1.165, 1.54) is 0 Å². The summed E-state index contributed by atoms with van der Waals surface area (Å²) in [5.74, 6) is 0.0277. The second kappa shape index (κ2) is 5.81. The van der Waals surface area contributed by atoms with Gasteiger partial charge in [-0.3, -0.25) is 9.78 Å². The van der Waals surface area contributed by atoms with Crippen LogP contribution >= 0.6 is 11.6 Å². The van der Waals surface area contributed by atoms with Gasteiger partial charge in [0, 0.05) is 23.3 Å². The van der Waals surface area contributed by atoms with E-state index in [-0.39, 0.29) is 11.9 Å². The molecule has 0 aliphatic heterocycles. The zero-order valence-corrected chi connectivity index (χ0v) is 13.0. The minimum Gasteiger partial charge on any atom is -0.449 e. The molecule has 0 fully saturated rings. The highest BCUT2D eigenvalue weighted by atomic mass is 35.5. The summed E-state index contributed by atoms with van der Waals surface area (Å²) in [6, 6.07) is 9.07. The average Bonchev–Trinajstić information content (AvgIpc) is 2.87.